The lowest BCUT2D eigenvalue weighted by molar-refractivity contribution is 0.0940. The Hall–Kier alpha value is -3.55. The zero-order valence-electron chi connectivity index (χ0n) is 18.6. The van der Waals surface area contributed by atoms with Crippen LogP contribution in [0.3, 0.4) is 0 Å². The zero-order chi connectivity index (χ0) is 22.5. The fourth-order valence-corrected chi connectivity index (χ4v) is 3.73. The number of aromatic amines is 1. The third kappa shape index (κ3) is 5.38. The average molecular weight is 436 g/mol. The maximum Gasteiger partial charge on any atom is 0.254 e. The molecule has 168 valence electrons. The topological polar surface area (TPSA) is 92.4 Å². The molecule has 2 atom stereocenters. The number of carbonyl (C=O) groups excluding carboxylic acids is 1. The molecule has 1 saturated heterocycles. The molecule has 1 aliphatic rings. The van der Waals surface area contributed by atoms with Crippen molar-refractivity contribution in [2.24, 2.45) is 0 Å². The molecule has 0 bridgehead atoms. The van der Waals surface area contributed by atoms with Gasteiger partial charge < -0.3 is 19.7 Å². The van der Waals surface area contributed by atoms with Crippen LogP contribution >= 0.6 is 0 Å². The number of hydrogen-bond acceptors (Lipinski definition) is 6. The SMILES string of the molecule is CC(C)Oc1cc(N2CCC(Oc3ccc([C@H](C)NC(=O)c4cn[nH]c4)cc3)C2)ccn1. The summed E-state index contributed by atoms with van der Waals surface area (Å²) in [5.74, 6) is 1.31. The monoisotopic (exact) mass is 435 g/mol. The lowest BCUT2D eigenvalue weighted by atomic mass is 10.1. The molecule has 0 spiro atoms. The molecule has 3 aromatic rings. The molecule has 1 unspecified atom stereocenters. The highest BCUT2D eigenvalue weighted by atomic mass is 16.5. The fraction of sp³-hybridized carbons (Fsp3) is 0.375. The summed E-state index contributed by atoms with van der Waals surface area (Å²) < 4.78 is 11.9. The number of anilines is 1. The van der Waals surface area contributed by atoms with Gasteiger partial charge in [-0.05, 0) is 44.5 Å². The quantitative estimate of drug-likeness (QED) is 0.560. The summed E-state index contributed by atoms with van der Waals surface area (Å²) in [6.45, 7) is 7.67. The van der Waals surface area contributed by atoms with Crippen LogP contribution in [0.2, 0.25) is 0 Å². The number of hydrogen-bond donors (Lipinski definition) is 2. The van der Waals surface area contributed by atoms with E-state index in [1.807, 2.05) is 57.2 Å². The van der Waals surface area contributed by atoms with Crippen LogP contribution in [-0.2, 0) is 0 Å². The van der Waals surface area contributed by atoms with E-state index in [1.165, 1.54) is 6.20 Å². The van der Waals surface area contributed by atoms with E-state index in [0.29, 0.717) is 11.4 Å². The fourth-order valence-electron chi connectivity index (χ4n) is 3.73. The summed E-state index contributed by atoms with van der Waals surface area (Å²) in [6.07, 6.45) is 6.02. The van der Waals surface area contributed by atoms with Gasteiger partial charge in [0, 0.05) is 37.1 Å². The highest BCUT2D eigenvalue weighted by Crippen LogP contribution is 2.26. The highest BCUT2D eigenvalue weighted by Gasteiger charge is 2.25. The number of amides is 1. The molecule has 1 fully saturated rings. The summed E-state index contributed by atoms with van der Waals surface area (Å²) in [7, 11) is 0. The summed E-state index contributed by atoms with van der Waals surface area (Å²) in [4.78, 5) is 18.8. The Labute approximate surface area is 188 Å². The van der Waals surface area contributed by atoms with Crippen LogP contribution in [0.4, 0.5) is 5.69 Å². The van der Waals surface area contributed by atoms with E-state index in [9.17, 15) is 4.79 Å². The number of benzene rings is 1. The van der Waals surface area contributed by atoms with Crippen LogP contribution in [-0.4, -0.2) is 46.4 Å². The van der Waals surface area contributed by atoms with Gasteiger partial charge in [-0.25, -0.2) is 4.98 Å². The largest absolute Gasteiger partial charge is 0.489 e. The van der Waals surface area contributed by atoms with Crippen molar-refractivity contribution in [1.29, 1.82) is 0 Å². The van der Waals surface area contributed by atoms with Crippen LogP contribution in [0.25, 0.3) is 0 Å². The van der Waals surface area contributed by atoms with Crippen molar-refractivity contribution in [2.45, 2.75) is 45.4 Å². The Morgan fingerprint density at radius 3 is 2.75 bits per heavy atom. The number of pyridine rings is 1. The zero-order valence-corrected chi connectivity index (χ0v) is 18.6. The molecule has 2 N–H and O–H groups in total. The van der Waals surface area contributed by atoms with Crippen LogP contribution in [0, 0.1) is 0 Å². The van der Waals surface area contributed by atoms with Gasteiger partial charge in [0.2, 0.25) is 5.88 Å². The Morgan fingerprint density at radius 1 is 1.22 bits per heavy atom. The Morgan fingerprint density at radius 2 is 2.03 bits per heavy atom. The smallest absolute Gasteiger partial charge is 0.254 e. The van der Waals surface area contributed by atoms with E-state index < -0.39 is 0 Å². The minimum atomic E-state index is -0.157. The predicted molar refractivity (Wildman–Crippen MR) is 122 cm³/mol. The van der Waals surface area contributed by atoms with Gasteiger partial charge in [-0.15, -0.1) is 0 Å². The summed E-state index contributed by atoms with van der Waals surface area (Å²) in [5.41, 5.74) is 2.62. The van der Waals surface area contributed by atoms with E-state index in [-0.39, 0.29) is 24.2 Å². The number of H-pyrrole nitrogens is 1. The molecule has 4 rings (SSSR count). The molecule has 0 aliphatic carbocycles. The minimum Gasteiger partial charge on any atom is -0.489 e. The maximum atomic E-state index is 12.2. The molecule has 8 heteroatoms. The first-order chi connectivity index (χ1) is 15.5. The number of nitrogens with one attached hydrogen (secondary N) is 2. The summed E-state index contributed by atoms with van der Waals surface area (Å²) in [6, 6.07) is 11.8. The third-order valence-electron chi connectivity index (χ3n) is 5.38. The molecule has 1 amide bonds. The number of rotatable bonds is 8. The maximum absolute atomic E-state index is 12.2. The first kappa shape index (κ1) is 21.7. The average Bonchev–Trinajstić information content (AvgIpc) is 3.46. The lowest BCUT2D eigenvalue weighted by Gasteiger charge is -2.20. The Bertz CT molecular complexity index is 1020. The van der Waals surface area contributed by atoms with Crippen molar-refractivity contribution in [2.75, 3.05) is 18.0 Å². The second-order valence-electron chi connectivity index (χ2n) is 8.24. The highest BCUT2D eigenvalue weighted by molar-refractivity contribution is 5.93. The Balaban J connectivity index is 1.31. The second kappa shape index (κ2) is 9.72. The van der Waals surface area contributed by atoms with Crippen molar-refractivity contribution in [3.63, 3.8) is 0 Å². The standard InChI is InChI=1S/C24H29N5O3/c1-16(2)31-23-12-20(8-10-25-23)29-11-9-22(15-29)32-21-6-4-18(5-7-21)17(3)28-24(30)19-13-26-27-14-19/h4-8,10,12-14,16-17,22H,9,11,15H2,1-3H3,(H,26,27)(H,28,30)/t17-,22?/m0/s1. The molecule has 0 saturated carbocycles. The van der Waals surface area contributed by atoms with Gasteiger partial charge >= 0.3 is 0 Å². The van der Waals surface area contributed by atoms with Crippen LogP contribution in [0.1, 0.15) is 49.2 Å². The van der Waals surface area contributed by atoms with Crippen LogP contribution in [0.5, 0.6) is 11.6 Å². The molecule has 8 nitrogen and oxygen atoms in total. The van der Waals surface area contributed by atoms with Gasteiger partial charge in [0.15, 0.2) is 0 Å². The number of ether oxygens (including phenoxy) is 2. The van der Waals surface area contributed by atoms with Gasteiger partial charge in [0.1, 0.15) is 11.9 Å². The number of carbonyl (C=O) groups is 1. The van der Waals surface area contributed by atoms with Crippen molar-refractivity contribution in [3.8, 4) is 11.6 Å². The molecular weight excluding hydrogens is 406 g/mol. The molecule has 1 aliphatic heterocycles. The summed E-state index contributed by atoms with van der Waals surface area (Å²) in [5, 5.41) is 9.43. The first-order valence-electron chi connectivity index (χ1n) is 10.9. The second-order valence-corrected chi connectivity index (χ2v) is 8.24. The van der Waals surface area contributed by atoms with Crippen molar-refractivity contribution >= 4 is 11.6 Å². The van der Waals surface area contributed by atoms with Gasteiger partial charge in [0.05, 0.1) is 30.5 Å². The van der Waals surface area contributed by atoms with Gasteiger partial charge in [-0.3, -0.25) is 9.89 Å². The Kier molecular flexibility index (Phi) is 6.58. The van der Waals surface area contributed by atoms with E-state index in [0.717, 1.165) is 36.5 Å². The van der Waals surface area contributed by atoms with Crippen molar-refractivity contribution in [3.05, 3.63) is 66.1 Å². The molecule has 3 heterocycles. The molecule has 2 aromatic heterocycles. The molecule has 0 radical (unpaired) electrons. The normalized spacial score (nSPS) is 16.8. The predicted octanol–water partition coefficient (Wildman–Crippen LogP) is 3.74. The van der Waals surface area contributed by atoms with Crippen LogP contribution < -0.4 is 19.7 Å². The van der Waals surface area contributed by atoms with E-state index in [4.69, 9.17) is 9.47 Å². The number of nitrogens with zero attached hydrogens (tertiary/aromatic N) is 3. The van der Waals surface area contributed by atoms with E-state index >= 15 is 0 Å². The van der Waals surface area contributed by atoms with Crippen molar-refractivity contribution < 1.29 is 14.3 Å². The van der Waals surface area contributed by atoms with Gasteiger partial charge in [-0.2, -0.15) is 5.10 Å². The first-order valence-corrected chi connectivity index (χ1v) is 10.9. The third-order valence-corrected chi connectivity index (χ3v) is 5.38. The van der Waals surface area contributed by atoms with Gasteiger partial charge in [-0.1, -0.05) is 12.1 Å². The van der Waals surface area contributed by atoms with Crippen molar-refractivity contribution in [1.82, 2.24) is 20.5 Å². The summed E-state index contributed by atoms with van der Waals surface area (Å²) >= 11 is 0. The lowest BCUT2D eigenvalue weighted by Crippen LogP contribution is -2.26. The van der Waals surface area contributed by atoms with E-state index in [2.05, 4.69) is 25.4 Å². The molecule has 1 aromatic carbocycles. The molecular formula is C24H29N5O3. The van der Waals surface area contributed by atoms with E-state index in [1.54, 1.807) is 12.4 Å². The molecule has 32 heavy (non-hydrogen) atoms. The number of aromatic nitrogens is 3. The van der Waals surface area contributed by atoms with Gasteiger partial charge in [0.25, 0.3) is 5.91 Å². The minimum absolute atomic E-state index is 0.0945. The van der Waals surface area contributed by atoms with Crippen LogP contribution in [0.15, 0.2) is 55.0 Å².